The Balaban J connectivity index is 0.930. The number of anilines is 3. The third-order valence-electron chi connectivity index (χ3n) is 8.64. The van der Waals surface area contributed by atoms with E-state index in [1.54, 1.807) is 24.3 Å². The van der Waals surface area contributed by atoms with E-state index in [2.05, 4.69) is 21.4 Å². The normalized spacial score (nSPS) is 15.5. The van der Waals surface area contributed by atoms with Crippen molar-refractivity contribution in [2.75, 3.05) is 23.8 Å². The zero-order valence-corrected chi connectivity index (χ0v) is 29.7. The number of carbonyl (C=O) groups is 5. The summed E-state index contributed by atoms with van der Waals surface area (Å²) in [5.74, 6) is -6.10. The summed E-state index contributed by atoms with van der Waals surface area (Å²) in [6, 6.07) is 10.0. The molecule has 4 N–H and O–H groups in total. The summed E-state index contributed by atoms with van der Waals surface area (Å²) in [7, 11) is 0. The summed E-state index contributed by atoms with van der Waals surface area (Å²) in [6.45, 7) is 0.915. The molecule has 0 spiro atoms. The highest BCUT2D eigenvalue weighted by Crippen LogP contribution is 2.30. The highest BCUT2D eigenvalue weighted by molar-refractivity contribution is 14.1. The lowest BCUT2D eigenvalue weighted by atomic mass is 10.0. The first-order valence-electron chi connectivity index (χ1n) is 16.8. The minimum atomic E-state index is -1.31. The van der Waals surface area contributed by atoms with E-state index in [-0.39, 0.29) is 41.8 Å². The highest BCUT2D eigenvalue weighted by Gasteiger charge is 2.44. The van der Waals surface area contributed by atoms with Gasteiger partial charge in [-0.3, -0.25) is 39.0 Å². The van der Waals surface area contributed by atoms with Gasteiger partial charge in [-0.05, 0) is 90.4 Å². The van der Waals surface area contributed by atoms with Crippen molar-refractivity contribution < 1.29 is 42.0 Å². The van der Waals surface area contributed by atoms with Crippen molar-refractivity contribution >= 4 is 69.2 Å². The predicted octanol–water partition coefficient (Wildman–Crippen LogP) is 6.75. The summed E-state index contributed by atoms with van der Waals surface area (Å²) in [5.41, 5.74) is 2.59. The van der Waals surface area contributed by atoms with Crippen molar-refractivity contribution in [3.8, 4) is 0 Å². The molecule has 0 aliphatic carbocycles. The molecule has 0 saturated carbocycles. The second-order valence-corrected chi connectivity index (χ2v) is 13.5. The molecule has 3 aromatic carbocycles. The lowest BCUT2D eigenvalue weighted by Gasteiger charge is -2.27. The van der Waals surface area contributed by atoms with Crippen molar-refractivity contribution in [3.63, 3.8) is 0 Å². The third kappa shape index (κ3) is 9.44. The predicted molar refractivity (Wildman–Crippen MR) is 191 cm³/mol. The molecule has 51 heavy (non-hydrogen) atoms. The Bertz CT molecular complexity index is 1830. The van der Waals surface area contributed by atoms with Crippen LogP contribution in [0.25, 0.3) is 0 Å². The number of rotatable bonds is 17. The van der Waals surface area contributed by atoms with E-state index in [4.69, 9.17) is 4.84 Å². The van der Waals surface area contributed by atoms with Gasteiger partial charge in [0.15, 0.2) is 11.6 Å². The Morgan fingerprint density at radius 1 is 0.843 bits per heavy atom. The van der Waals surface area contributed by atoms with Crippen molar-refractivity contribution in [1.82, 2.24) is 15.7 Å². The smallest absolute Gasteiger partial charge is 0.277 e. The van der Waals surface area contributed by atoms with Crippen molar-refractivity contribution in [2.45, 2.75) is 70.3 Å². The monoisotopic (exact) mass is 819 g/mol. The average molecular weight is 820 g/mol. The van der Waals surface area contributed by atoms with Crippen LogP contribution in [-0.2, 0) is 14.4 Å². The molecule has 5 amide bonds. The van der Waals surface area contributed by atoms with Gasteiger partial charge < -0.3 is 10.6 Å². The molecule has 2 heterocycles. The molecule has 1 saturated heterocycles. The van der Waals surface area contributed by atoms with Crippen LogP contribution in [0, 0.1) is 21.0 Å². The first-order valence-corrected chi connectivity index (χ1v) is 17.8. The van der Waals surface area contributed by atoms with Crippen LogP contribution in [0.15, 0.2) is 48.5 Å². The molecule has 5 rings (SSSR count). The molecule has 2 aliphatic heterocycles. The summed E-state index contributed by atoms with van der Waals surface area (Å²) >= 11 is 1.92. The number of amides is 5. The largest absolute Gasteiger partial charge is 0.385 e. The number of unbranched alkanes of at least 4 members (excludes halogenated alkanes) is 7. The van der Waals surface area contributed by atoms with E-state index in [0.29, 0.717) is 22.2 Å². The maximum Gasteiger partial charge on any atom is 0.277 e. The molecular formula is C36H37F3IN5O6. The van der Waals surface area contributed by atoms with E-state index in [9.17, 15) is 37.1 Å². The summed E-state index contributed by atoms with van der Waals surface area (Å²) in [4.78, 5) is 68.4. The van der Waals surface area contributed by atoms with E-state index < -0.39 is 58.7 Å². The Hall–Kier alpha value is -4.51. The average Bonchev–Trinajstić information content (AvgIpc) is 3.34. The van der Waals surface area contributed by atoms with Gasteiger partial charge in [-0.25, -0.2) is 18.7 Å². The first kappa shape index (κ1) is 37.7. The van der Waals surface area contributed by atoms with Gasteiger partial charge in [0.1, 0.15) is 11.9 Å². The molecule has 11 nitrogen and oxygen atoms in total. The molecule has 2 aliphatic rings. The molecule has 0 bridgehead atoms. The molecule has 1 unspecified atom stereocenters. The maximum absolute atomic E-state index is 14.6. The fraction of sp³-hybridized carbons (Fsp3) is 0.361. The SMILES string of the molecule is O=C1CCC(N2C(=O)c3ccc(NCCCCCCCCCCONC(=O)c4ccc(F)c(F)c4Nc4ccc(I)cc4F)cc3C2=O)C(=O)N1. The van der Waals surface area contributed by atoms with Crippen LogP contribution in [0.1, 0.15) is 95.3 Å². The highest BCUT2D eigenvalue weighted by atomic mass is 127. The molecule has 1 fully saturated rings. The maximum atomic E-state index is 14.6. The van der Waals surface area contributed by atoms with Gasteiger partial charge in [-0.15, -0.1) is 0 Å². The molecule has 3 aromatic rings. The van der Waals surface area contributed by atoms with Gasteiger partial charge in [0.2, 0.25) is 11.8 Å². The number of hydrogen-bond acceptors (Lipinski definition) is 8. The Kier molecular flexibility index (Phi) is 13.0. The minimum absolute atomic E-state index is 0.0691. The van der Waals surface area contributed by atoms with Gasteiger partial charge in [-0.2, -0.15) is 0 Å². The summed E-state index contributed by atoms with van der Waals surface area (Å²) < 4.78 is 43.4. The van der Waals surface area contributed by atoms with Crippen LogP contribution in [0.2, 0.25) is 0 Å². The molecule has 0 aromatic heterocycles. The molecular weight excluding hydrogens is 782 g/mol. The third-order valence-corrected chi connectivity index (χ3v) is 9.31. The number of imide groups is 2. The second-order valence-electron chi connectivity index (χ2n) is 12.3. The van der Waals surface area contributed by atoms with Crippen molar-refractivity contribution in [1.29, 1.82) is 0 Å². The van der Waals surface area contributed by atoms with E-state index in [1.807, 2.05) is 22.6 Å². The van der Waals surface area contributed by atoms with E-state index >= 15 is 0 Å². The van der Waals surface area contributed by atoms with Crippen LogP contribution in [-0.4, -0.2) is 53.6 Å². The van der Waals surface area contributed by atoms with Crippen LogP contribution < -0.4 is 21.4 Å². The molecule has 270 valence electrons. The minimum Gasteiger partial charge on any atom is -0.385 e. The quantitative estimate of drug-likeness (QED) is 0.0507. The van der Waals surface area contributed by atoms with Gasteiger partial charge >= 0.3 is 0 Å². The molecule has 1 atom stereocenters. The standard InChI is InChI=1S/C36H37F3IN5O6/c37-26-13-12-24(32(31(26)39)42-28-14-9-21(40)19-27(28)38)33(47)44-51-18-8-6-4-2-1-3-5-7-17-41-22-10-11-23-25(20-22)36(50)45(35(23)49)29-15-16-30(46)43-34(29)48/h9-14,19-20,29,41-42H,1-8,15-18H2,(H,44,47)(H,43,46,48). The fourth-order valence-electron chi connectivity index (χ4n) is 5.93. The van der Waals surface area contributed by atoms with Crippen LogP contribution in [0.3, 0.4) is 0 Å². The number of hydroxylamine groups is 1. The lowest BCUT2D eigenvalue weighted by molar-refractivity contribution is -0.136. The fourth-order valence-corrected chi connectivity index (χ4v) is 6.39. The number of nitrogens with zero attached hydrogens (tertiary/aromatic N) is 1. The number of carbonyl (C=O) groups excluding carboxylic acids is 5. The van der Waals surface area contributed by atoms with Crippen LogP contribution >= 0.6 is 22.6 Å². The van der Waals surface area contributed by atoms with Crippen LogP contribution in [0.5, 0.6) is 0 Å². The van der Waals surface area contributed by atoms with Gasteiger partial charge in [0.25, 0.3) is 17.7 Å². The number of halogens is 4. The van der Waals surface area contributed by atoms with E-state index in [1.165, 1.54) is 12.1 Å². The van der Waals surface area contributed by atoms with E-state index in [0.717, 1.165) is 62.0 Å². The van der Waals surface area contributed by atoms with Crippen molar-refractivity contribution in [3.05, 3.63) is 86.2 Å². The zero-order chi connectivity index (χ0) is 36.5. The molecule has 15 heteroatoms. The van der Waals surface area contributed by atoms with Gasteiger partial charge in [0.05, 0.1) is 34.7 Å². The van der Waals surface area contributed by atoms with Crippen LogP contribution in [0.4, 0.5) is 30.2 Å². The summed E-state index contributed by atoms with van der Waals surface area (Å²) in [5, 5.41) is 7.96. The number of fused-ring (bicyclic) bond motifs is 1. The van der Waals surface area contributed by atoms with Gasteiger partial charge in [0, 0.05) is 22.2 Å². The van der Waals surface area contributed by atoms with Crippen molar-refractivity contribution in [2.24, 2.45) is 0 Å². The Labute approximate surface area is 306 Å². The summed E-state index contributed by atoms with van der Waals surface area (Å²) in [6.07, 6.45) is 7.76. The lowest BCUT2D eigenvalue weighted by Crippen LogP contribution is -2.54. The zero-order valence-electron chi connectivity index (χ0n) is 27.6. The number of piperidine rings is 1. The topological polar surface area (TPSA) is 146 Å². The second kappa shape index (κ2) is 17.6. The number of nitrogens with one attached hydrogen (secondary N) is 4. The first-order chi connectivity index (χ1) is 24.5. The Morgan fingerprint density at radius 2 is 1.55 bits per heavy atom. The number of hydrogen-bond donors (Lipinski definition) is 4. The van der Waals surface area contributed by atoms with Gasteiger partial charge in [-0.1, -0.05) is 38.5 Å². The number of benzene rings is 3. The molecule has 0 radical (unpaired) electrons. The Morgan fingerprint density at radius 3 is 2.27 bits per heavy atom.